The zero-order valence-corrected chi connectivity index (χ0v) is 11.3. The summed E-state index contributed by atoms with van der Waals surface area (Å²) in [4.78, 5) is 21.5. The van der Waals surface area contributed by atoms with Gasteiger partial charge in [-0.15, -0.1) is 0 Å². The lowest BCUT2D eigenvalue weighted by molar-refractivity contribution is -0.140. The maximum absolute atomic E-state index is 10.9. The van der Waals surface area contributed by atoms with E-state index in [1.807, 2.05) is 0 Å². The number of hydrogen-bond acceptors (Lipinski definition) is 8. The fraction of sp³-hybridized carbons (Fsp3) is 0.818. The highest BCUT2D eigenvalue weighted by Crippen LogP contribution is 2.05. The quantitative estimate of drug-likeness (QED) is 0.186. The molecule has 0 saturated heterocycles. The zero-order chi connectivity index (χ0) is 16.6. The third-order valence-electron chi connectivity index (χ3n) is 2.88. The topological polar surface area (TPSA) is 194 Å². The molecule has 5 atom stereocenters. The molecule has 9 N–H and O–H groups in total. The van der Waals surface area contributed by atoms with Crippen LogP contribution in [0.4, 0.5) is 0 Å². The molecule has 0 fully saturated rings. The highest BCUT2D eigenvalue weighted by atomic mass is 16.4. The molecule has 1 amide bonds. The van der Waals surface area contributed by atoms with Crippen LogP contribution in [0.15, 0.2) is 0 Å². The van der Waals surface area contributed by atoms with Crippen molar-refractivity contribution in [2.45, 2.75) is 43.3 Å². The summed E-state index contributed by atoms with van der Waals surface area (Å²) in [6.45, 7) is -1.22. The second kappa shape index (κ2) is 9.60. The van der Waals surface area contributed by atoms with E-state index in [0.29, 0.717) is 0 Å². The van der Waals surface area contributed by atoms with Gasteiger partial charge in [0, 0.05) is 13.0 Å². The number of aliphatic hydroxyl groups excluding tert-OH is 5. The number of aliphatic carboxylic acids is 1. The van der Waals surface area contributed by atoms with Crippen molar-refractivity contribution in [3.8, 4) is 0 Å². The molecule has 10 nitrogen and oxygen atoms in total. The Labute approximate surface area is 120 Å². The first kappa shape index (κ1) is 19.7. The molecule has 21 heavy (non-hydrogen) atoms. The minimum atomic E-state index is -1.79. The van der Waals surface area contributed by atoms with Gasteiger partial charge in [0.2, 0.25) is 5.91 Å². The third kappa shape index (κ3) is 7.32. The van der Waals surface area contributed by atoms with Crippen LogP contribution in [0.1, 0.15) is 12.8 Å². The molecule has 0 bridgehead atoms. The van der Waals surface area contributed by atoms with Gasteiger partial charge in [0.1, 0.15) is 24.4 Å². The van der Waals surface area contributed by atoms with E-state index >= 15 is 0 Å². The molecule has 124 valence electrons. The van der Waals surface area contributed by atoms with E-state index in [0.717, 1.165) is 0 Å². The first-order chi connectivity index (χ1) is 9.70. The third-order valence-corrected chi connectivity index (χ3v) is 2.88. The van der Waals surface area contributed by atoms with E-state index in [1.165, 1.54) is 0 Å². The van der Waals surface area contributed by atoms with Crippen molar-refractivity contribution in [1.29, 1.82) is 0 Å². The van der Waals surface area contributed by atoms with Crippen LogP contribution in [0, 0.1) is 0 Å². The maximum atomic E-state index is 10.9. The molecular weight excluding hydrogens is 288 g/mol. The summed E-state index contributed by atoms with van der Waals surface area (Å²) in [6, 6.07) is -1.17. The Hall–Kier alpha value is -1.30. The van der Waals surface area contributed by atoms with Crippen molar-refractivity contribution >= 4 is 11.9 Å². The number of nitrogens with one attached hydrogen (secondary N) is 1. The number of amides is 1. The molecule has 0 radical (unpaired) electrons. The van der Waals surface area contributed by atoms with E-state index in [-0.39, 0.29) is 12.8 Å². The lowest BCUT2D eigenvalue weighted by Crippen LogP contribution is -2.51. The van der Waals surface area contributed by atoms with Gasteiger partial charge in [-0.25, -0.2) is 0 Å². The van der Waals surface area contributed by atoms with E-state index < -0.39 is 55.5 Å². The number of aliphatic hydroxyl groups is 5. The van der Waals surface area contributed by atoms with Gasteiger partial charge < -0.3 is 41.7 Å². The summed E-state index contributed by atoms with van der Waals surface area (Å²) in [5.74, 6) is -1.95. The SMILES string of the molecule is NC(=O)CC[C@H](NC[C@@H](O)[C@@H](O)[C@H](O)[C@H](O)CO)C(=O)O. The molecule has 0 unspecified atom stereocenters. The Bertz CT molecular complexity index is 340. The van der Waals surface area contributed by atoms with Gasteiger partial charge in [0.05, 0.1) is 12.7 Å². The van der Waals surface area contributed by atoms with Gasteiger partial charge >= 0.3 is 5.97 Å². The molecule has 0 spiro atoms. The van der Waals surface area contributed by atoms with Gasteiger partial charge in [0.15, 0.2) is 0 Å². The first-order valence-corrected chi connectivity index (χ1v) is 6.28. The molecule has 0 aromatic carbocycles. The second-order valence-corrected chi connectivity index (χ2v) is 4.60. The number of carboxylic acid groups (broad SMARTS) is 1. The Kier molecular flexibility index (Phi) is 9.01. The number of rotatable bonds is 11. The van der Waals surface area contributed by atoms with Crippen molar-refractivity contribution in [2.75, 3.05) is 13.2 Å². The number of nitrogens with two attached hydrogens (primary N) is 1. The van der Waals surface area contributed by atoms with Crippen LogP contribution in [0.2, 0.25) is 0 Å². The summed E-state index contributed by atoms with van der Waals surface area (Å²) in [5.41, 5.74) is 4.90. The molecule has 0 aromatic heterocycles. The van der Waals surface area contributed by atoms with Crippen LogP contribution in [-0.2, 0) is 9.59 Å². The standard InChI is InChI=1S/C11H22N2O8/c12-8(17)2-1-5(11(20)21)13-3-6(15)9(18)10(19)7(16)4-14/h5-7,9-10,13-16,18-19H,1-4H2,(H2,12,17)(H,20,21)/t5-,6+,7+,9+,10+/m0/s1. The predicted molar refractivity (Wildman–Crippen MR) is 69.0 cm³/mol. The Morgan fingerprint density at radius 1 is 1.05 bits per heavy atom. The molecule has 0 heterocycles. The molecule has 0 rings (SSSR count). The lowest BCUT2D eigenvalue weighted by atomic mass is 10.0. The molecular formula is C11H22N2O8. The van der Waals surface area contributed by atoms with Crippen molar-refractivity contribution in [3.05, 3.63) is 0 Å². The lowest BCUT2D eigenvalue weighted by Gasteiger charge is -2.26. The van der Waals surface area contributed by atoms with E-state index in [9.17, 15) is 24.9 Å². The van der Waals surface area contributed by atoms with Crippen LogP contribution in [-0.4, -0.2) is 86.1 Å². The van der Waals surface area contributed by atoms with Crippen molar-refractivity contribution in [1.82, 2.24) is 5.32 Å². The minimum absolute atomic E-state index is 0.102. The summed E-state index contributed by atoms with van der Waals surface area (Å²) in [7, 11) is 0. The number of hydrogen-bond donors (Lipinski definition) is 8. The zero-order valence-electron chi connectivity index (χ0n) is 11.3. The molecule has 0 saturated carbocycles. The fourth-order valence-electron chi connectivity index (χ4n) is 1.55. The Balaban J connectivity index is 4.38. The van der Waals surface area contributed by atoms with Crippen LogP contribution in [0.5, 0.6) is 0 Å². The van der Waals surface area contributed by atoms with Gasteiger partial charge in [-0.05, 0) is 6.42 Å². The Morgan fingerprint density at radius 2 is 1.57 bits per heavy atom. The largest absolute Gasteiger partial charge is 0.480 e. The van der Waals surface area contributed by atoms with Crippen LogP contribution in [0.3, 0.4) is 0 Å². The highest BCUT2D eigenvalue weighted by molar-refractivity contribution is 5.77. The summed E-state index contributed by atoms with van der Waals surface area (Å²) in [5, 5.41) is 57.5. The van der Waals surface area contributed by atoms with Crippen LogP contribution in [0.25, 0.3) is 0 Å². The maximum Gasteiger partial charge on any atom is 0.320 e. The monoisotopic (exact) mass is 310 g/mol. The molecule has 0 aliphatic carbocycles. The minimum Gasteiger partial charge on any atom is -0.480 e. The fourth-order valence-corrected chi connectivity index (χ4v) is 1.55. The molecule has 10 heteroatoms. The number of carboxylic acids is 1. The van der Waals surface area contributed by atoms with E-state index in [4.69, 9.17) is 21.1 Å². The summed E-state index contributed by atoms with van der Waals surface area (Å²) < 4.78 is 0. The smallest absolute Gasteiger partial charge is 0.320 e. The molecule has 0 aliphatic heterocycles. The second-order valence-electron chi connectivity index (χ2n) is 4.60. The first-order valence-electron chi connectivity index (χ1n) is 6.28. The predicted octanol–water partition coefficient (Wildman–Crippen LogP) is -4.27. The van der Waals surface area contributed by atoms with Gasteiger partial charge in [0.25, 0.3) is 0 Å². The average molecular weight is 310 g/mol. The van der Waals surface area contributed by atoms with Gasteiger partial charge in [-0.2, -0.15) is 0 Å². The summed E-state index contributed by atoms with van der Waals surface area (Å²) in [6.07, 6.45) is -7.08. The van der Waals surface area contributed by atoms with E-state index in [1.54, 1.807) is 0 Å². The van der Waals surface area contributed by atoms with Crippen molar-refractivity contribution in [2.24, 2.45) is 5.73 Å². The van der Waals surface area contributed by atoms with Crippen LogP contribution >= 0.6 is 0 Å². The normalized spacial score (nSPS) is 18.5. The molecule has 0 aliphatic rings. The van der Waals surface area contributed by atoms with Crippen molar-refractivity contribution < 1.29 is 40.2 Å². The number of primary amides is 1. The average Bonchev–Trinajstić information content (AvgIpc) is 2.43. The molecule has 0 aromatic rings. The Morgan fingerprint density at radius 3 is 2.00 bits per heavy atom. The number of carbonyl (C=O) groups excluding carboxylic acids is 1. The summed E-state index contributed by atoms with van der Waals surface area (Å²) >= 11 is 0. The van der Waals surface area contributed by atoms with Crippen molar-refractivity contribution in [3.63, 3.8) is 0 Å². The van der Waals surface area contributed by atoms with Gasteiger partial charge in [-0.3, -0.25) is 9.59 Å². The highest BCUT2D eigenvalue weighted by Gasteiger charge is 2.30. The number of carbonyl (C=O) groups is 2. The van der Waals surface area contributed by atoms with Gasteiger partial charge in [-0.1, -0.05) is 0 Å². The van der Waals surface area contributed by atoms with E-state index in [2.05, 4.69) is 5.32 Å². The van der Waals surface area contributed by atoms with Crippen LogP contribution < -0.4 is 11.1 Å².